The van der Waals surface area contributed by atoms with Crippen molar-refractivity contribution >= 4 is 0 Å². The Hall–Kier alpha value is -1.67. The highest BCUT2D eigenvalue weighted by Gasteiger charge is 1.97. The highest BCUT2D eigenvalue weighted by Crippen LogP contribution is 2.16. The fraction of sp³-hybridized carbons (Fsp3) is 0.154. The zero-order chi connectivity index (χ0) is 10.5. The van der Waals surface area contributed by atoms with Crippen LogP contribution in [-0.2, 0) is 6.42 Å². The Balaban J connectivity index is 2.24. The molecule has 0 radical (unpaired) electrons. The molecule has 2 nitrogen and oxygen atoms in total. The maximum Gasteiger partial charge on any atom is 0.0701 e. The first-order chi connectivity index (χ1) is 7.40. The van der Waals surface area contributed by atoms with Crippen molar-refractivity contribution in [2.24, 2.45) is 0 Å². The van der Waals surface area contributed by atoms with Gasteiger partial charge in [-0.25, -0.2) is 0 Å². The molecule has 1 N–H and O–H groups in total. The molecule has 0 bridgehead atoms. The molecule has 15 heavy (non-hydrogen) atoms. The van der Waals surface area contributed by atoms with E-state index in [1.54, 1.807) is 6.20 Å². The summed E-state index contributed by atoms with van der Waals surface area (Å²) < 4.78 is 0. The van der Waals surface area contributed by atoms with Crippen molar-refractivity contribution in [3.8, 4) is 11.3 Å². The number of rotatable bonds is 3. The third-order valence-corrected chi connectivity index (χ3v) is 2.32. The molecule has 2 aromatic rings. The standard InChI is InChI=1S/C13H13NO/c15-10-8-11-4-6-12(7-5-11)13-3-1-2-9-14-13/h1-7,9,15H,8,10H2. The van der Waals surface area contributed by atoms with E-state index in [0.717, 1.165) is 16.8 Å². The average molecular weight is 199 g/mol. The first kappa shape index (κ1) is 9.87. The van der Waals surface area contributed by atoms with Gasteiger partial charge in [0.15, 0.2) is 0 Å². The minimum atomic E-state index is 0.197. The van der Waals surface area contributed by atoms with Crippen LogP contribution in [0.15, 0.2) is 48.7 Å². The Morgan fingerprint density at radius 1 is 1.00 bits per heavy atom. The van der Waals surface area contributed by atoms with Crippen molar-refractivity contribution in [3.05, 3.63) is 54.2 Å². The van der Waals surface area contributed by atoms with Crippen LogP contribution >= 0.6 is 0 Å². The van der Waals surface area contributed by atoms with Crippen LogP contribution in [0, 0.1) is 0 Å². The van der Waals surface area contributed by atoms with E-state index in [2.05, 4.69) is 4.98 Å². The van der Waals surface area contributed by atoms with E-state index in [1.165, 1.54) is 0 Å². The van der Waals surface area contributed by atoms with Gasteiger partial charge in [-0.2, -0.15) is 0 Å². The summed E-state index contributed by atoms with van der Waals surface area (Å²) in [6.45, 7) is 0.197. The van der Waals surface area contributed by atoms with Gasteiger partial charge in [-0.1, -0.05) is 30.3 Å². The molecule has 0 amide bonds. The Labute approximate surface area is 89.2 Å². The summed E-state index contributed by atoms with van der Waals surface area (Å²) in [5, 5.41) is 8.79. The molecule has 2 heteroatoms. The summed E-state index contributed by atoms with van der Waals surface area (Å²) in [5.74, 6) is 0. The minimum absolute atomic E-state index is 0.197. The number of aliphatic hydroxyl groups excluding tert-OH is 1. The second-order valence-electron chi connectivity index (χ2n) is 3.39. The van der Waals surface area contributed by atoms with Crippen LogP contribution in [0.1, 0.15) is 5.56 Å². The molecule has 1 aromatic carbocycles. The molecule has 76 valence electrons. The third-order valence-electron chi connectivity index (χ3n) is 2.32. The maximum atomic E-state index is 8.79. The van der Waals surface area contributed by atoms with Crippen molar-refractivity contribution in [1.82, 2.24) is 4.98 Å². The summed E-state index contributed by atoms with van der Waals surface area (Å²) in [5.41, 5.74) is 3.24. The third kappa shape index (κ3) is 2.42. The topological polar surface area (TPSA) is 33.1 Å². The summed E-state index contributed by atoms with van der Waals surface area (Å²) >= 11 is 0. The smallest absolute Gasteiger partial charge is 0.0701 e. The summed E-state index contributed by atoms with van der Waals surface area (Å²) in [4.78, 5) is 4.28. The van der Waals surface area contributed by atoms with Crippen LogP contribution in [0.5, 0.6) is 0 Å². The predicted octanol–water partition coefficient (Wildman–Crippen LogP) is 2.28. The van der Waals surface area contributed by atoms with E-state index in [1.807, 2.05) is 42.5 Å². The predicted molar refractivity (Wildman–Crippen MR) is 60.5 cm³/mol. The van der Waals surface area contributed by atoms with Crippen LogP contribution in [0.2, 0.25) is 0 Å². The first-order valence-corrected chi connectivity index (χ1v) is 5.01. The molecule has 0 atom stereocenters. The lowest BCUT2D eigenvalue weighted by Crippen LogP contribution is -1.90. The molecule has 0 saturated heterocycles. The molecule has 1 heterocycles. The van der Waals surface area contributed by atoms with E-state index in [9.17, 15) is 0 Å². The van der Waals surface area contributed by atoms with E-state index in [4.69, 9.17) is 5.11 Å². The van der Waals surface area contributed by atoms with Crippen molar-refractivity contribution in [3.63, 3.8) is 0 Å². The van der Waals surface area contributed by atoms with Crippen LogP contribution < -0.4 is 0 Å². The summed E-state index contributed by atoms with van der Waals surface area (Å²) in [6, 6.07) is 14.0. The fourth-order valence-corrected chi connectivity index (χ4v) is 1.50. The van der Waals surface area contributed by atoms with Gasteiger partial charge in [-0.15, -0.1) is 0 Å². The van der Waals surface area contributed by atoms with Crippen LogP contribution in [0.3, 0.4) is 0 Å². The molecular formula is C13H13NO. The molecule has 0 aliphatic heterocycles. The molecule has 0 aliphatic carbocycles. The number of nitrogens with zero attached hydrogens (tertiary/aromatic N) is 1. The lowest BCUT2D eigenvalue weighted by molar-refractivity contribution is 0.299. The number of aliphatic hydroxyl groups is 1. The van der Waals surface area contributed by atoms with Crippen molar-refractivity contribution in [2.75, 3.05) is 6.61 Å². The minimum Gasteiger partial charge on any atom is -0.396 e. The van der Waals surface area contributed by atoms with Crippen molar-refractivity contribution in [1.29, 1.82) is 0 Å². The maximum absolute atomic E-state index is 8.79. The van der Waals surface area contributed by atoms with Gasteiger partial charge >= 0.3 is 0 Å². The summed E-state index contributed by atoms with van der Waals surface area (Å²) in [7, 11) is 0. The van der Waals surface area contributed by atoms with E-state index in [-0.39, 0.29) is 6.61 Å². The molecule has 1 aromatic heterocycles. The molecule has 0 saturated carbocycles. The number of hydrogen-bond acceptors (Lipinski definition) is 2. The van der Waals surface area contributed by atoms with E-state index < -0.39 is 0 Å². The second kappa shape index (κ2) is 4.71. The molecule has 2 rings (SSSR count). The van der Waals surface area contributed by atoms with Crippen molar-refractivity contribution in [2.45, 2.75) is 6.42 Å². The highest BCUT2D eigenvalue weighted by molar-refractivity contribution is 5.58. The lowest BCUT2D eigenvalue weighted by atomic mass is 10.1. The van der Waals surface area contributed by atoms with E-state index >= 15 is 0 Å². The van der Waals surface area contributed by atoms with Gasteiger partial charge in [-0.05, 0) is 24.1 Å². The van der Waals surface area contributed by atoms with Crippen LogP contribution in [-0.4, -0.2) is 16.7 Å². The van der Waals surface area contributed by atoms with Gasteiger partial charge in [0.05, 0.1) is 5.69 Å². The van der Waals surface area contributed by atoms with Crippen LogP contribution in [0.25, 0.3) is 11.3 Å². The number of benzene rings is 1. The SMILES string of the molecule is OCCc1ccc(-c2ccccn2)cc1. The molecule has 0 spiro atoms. The Kier molecular flexibility index (Phi) is 3.10. The Bertz CT molecular complexity index is 408. The normalized spacial score (nSPS) is 10.2. The van der Waals surface area contributed by atoms with Gasteiger partial charge in [0, 0.05) is 18.4 Å². The molecular weight excluding hydrogens is 186 g/mol. The zero-order valence-corrected chi connectivity index (χ0v) is 8.43. The molecule has 0 unspecified atom stereocenters. The number of pyridine rings is 1. The number of aromatic nitrogens is 1. The van der Waals surface area contributed by atoms with Gasteiger partial charge < -0.3 is 5.11 Å². The highest BCUT2D eigenvalue weighted by atomic mass is 16.2. The monoisotopic (exact) mass is 199 g/mol. The molecule has 0 aliphatic rings. The zero-order valence-electron chi connectivity index (χ0n) is 8.43. The van der Waals surface area contributed by atoms with E-state index in [0.29, 0.717) is 6.42 Å². The average Bonchev–Trinajstić information content (AvgIpc) is 2.32. The lowest BCUT2D eigenvalue weighted by Gasteiger charge is -2.02. The quantitative estimate of drug-likeness (QED) is 0.822. The van der Waals surface area contributed by atoms with Crippen molar-refractivity contribution < 1.29 is 5.11 Å². The van der Waals surface area contributed by atoms with Crippen LogP contribution in [0.4, 0.5) is 0 Å². The van der Waals surface area contributed by atoms with Gasteiger partial charge in [0.2, 0.25) is 0 Å². The Morgan fingerprint density at radius 2 is 1.80 bits per heavy atom. The second-order valence-corrected chi connectivity index (χ2v) is 3.39. The molecule has 0 fully saturated rings. The first-order valence-electron chi connectivity index (χ1n) is 5.01. The van der Waals surface area contributed by atoms with Gasteiger partial charge in [0.25, 0.3) is 0 Å². The Morgan fingerprint density at radius 3 is 2.40 bits per heavy atom. The fourth-order valence-electron chi connectivity index (χ4n) is 1.50. The summed E-state index contributed by atoms with van der Waals surface area (Å²) in [6.07, 6.45) is 2.50. The van der Waals surface area contributed by atoms with Gasteiger partial charge in [0.1, 0.15) is 0 Å². The van der Waals surface area contributed by atoms with Gasteiger partial charge in [-0.3, -0.25) is 4.98 Å². The number of hydrogen-bond donors (Lipinski definition) is 1. The largest absolute Gasteiger partial charge is 0.396 e.